The molecule has 1 aromatic heterocycles. The maximum absolute atomic E-state index is 10.8. The predicted molar refractivity (Wildman–Crippen MR) is 35.7 cm³/mol. The van der Waals surface area contributed by atoms with E-state index >= 15 is 0 Å². The molecule has 0 aliphatic heterocycles. The summed E-state index contributed by atoms with van der Waals surface area (Å²) in [4.78, 5) is 14.5. The van der Waals surface area contributed by atoms with Crippen molar-refractivity contribution in [3.63, 3.8) is 0 Å². The molecule has 0 aromatic carbocycles. The van der Waals surface area contributed by atoms with Gasteiger partial charge in [0, 0.05) is 0 Å². The number of carbonyl (C=O) groups excluding carboxylic acids is 1. The number of rotatable bonds is 2. The number of aromatic nitrogens is 1. The van der Waals surface area contributed by atoms with Crippen LogP contribution in [-0.4, -0.2) is 18.1 Å². The normalized spacial score (nSPS) is 9.64. The molecule has 0 spiro atoms. The zero-order chi connectivity index (χ0) is 8.27. The Morgan fingerprint density at radius 1 is 1.91 bits per heavy atom. The van der Waals surface area contributed by atoms with Crippen LogP contribution in [0.4, 0.5) is 0 Å². The number of ether oxygens (including phenoxy) is 1. The first-order chi connectivity index (χ1) is 5.27. The minimum atomic E-state index is -0.520. The molecule has 1 heterocycles. The van der Waals surface area contributed by atoms with Crippen LogP contribution in [-0.2, 0) is 11.3 Å². The molecule has 0 aliphatic carbocycles. The summed E-state index contributed by atoms with van der Waals surface area (Å²) < 4.78 is 9.19. The molecule has 0 radical (unpaired) electrons. The minimum absolute atomic E-state index is 0.146. The van der Waals surface area contributed by atoms with Gasteiger partial charge in [0.25, 0.3) is 0 Å². The first-order valence-electron chi connectivity index (χ1n) is 3.00. The van der Waals surface area contributed by atoms with Crippen LogP contribution in [0.2, 0.25) is 0 Å². The van der Waals surface area contributed by atoms with Gasteiger partial charge in [-0.15, -0.1) is 0 Å². The number of methoxy groups -OCH3 is 1. The molecule has 0 unspecified atom stereocenters. The van der Waals surface area contributed by atoms with E-state index in [2.05, 4.69) is 9.72 Å². The Morgan fingerprint density at radius 2 is 2.64 bits per heavy atom. The molecular weight excluding hydrogens is 148 g/mol. The summed E-state index contributed by atoms with van der Waals surface area (Å²) >= 11 is 0. The Bertz CT molecular complexity index is 256. The van der Waals surface area contributed by atoms with Crippen molar-refractivity contribution in [3.8, 4) is 0 Å². The SMILES string of the molecule is COC(=O)c1coc(CN)n1. The van der Waals surface area contributed by atoms with Crippen molar-refractivity contribution in [1.82, 2.24) is 4.98 Å². The van der Waals surface area contributed by atoms with Crippen LogP contribution in [0.3, 0.4) is 0 Å². The van der Waals surface area contributed by atoms with E-state index in [1.807, 2.05) is 0 Å². The summed E-state index contributed by atoms with van der Waals surface area (Å²) in [6, 6.07) is 0. The highest BCUT2D eigenvalue weighted by molar-refractivity contribution is 5.86. The first kappa shape index (κ1) is 7.74. The van der Waals surface area contributed by atoms with Crippen LogP contribution in [0.5, 0.6) is 0 Å². The summed E-state index contributed by atoms with van der Waals surface area (Å²) in [7, 11) is 1.28. The second-order valence-electron chi connectivity index (χ2n) is 1.82. The third kappa shape index (κ3) is 1.56. The number of nitrogens with two attached hydrogens (primary N) is 1. The van der Waals surface area contributed by atoms with Crippen LogP contribution < -0.4 is 5.73 Å². The number of esters is 1. The van der Waals surface area contributed by atoms with E-state index in [-0.39, 0.29) is 12.2 Å². The van der Waals surface area contributed by atoms with Gasteiger partial charge >= 0.3 is 5.97 Å². The van der Waals surface area contributed by atoms with Crippen LogP contribution in [0.25, 0.3) is 0 Å². The summed E-state index contributed by atoms with van der Waals surface area (Å²) in [5.41, 5.74) is 5.34. The maximum atomic E-state index is 10.8. The summed E-state index contributed by atoms with van der Waals surface area (Å²) in [5.74, 6) is -0.196. The number of nitrogens with zero attached hydrogens (tertiary/aromatic N) is 1. The number of oxazole rings is 1. The molecule has 0 saturated carbocycles. The highest BCUT2D eigenvalue weighted by Crippen LogP contribution is 2.01. The molecule has 0 fully saturated rings. The monoisotopic (exact) mass is 156 g/mol. The lowest BCUT2D eigenvalue weighted by Crippen LogP contribution is -2.02. The standard InChI is InChI=1S/C6H8N2O3/c1-10-6(9)4-3-11-5(2-7)8-4/h3H,2,7H2,1H3. The fourth-order valence-corrected chi connectivity index (χ4v) is 0.603. The van der Waals surface area contributed by atoms with Crippen LogP contribution in [0.15, 0.2) is 10.7 Å². The lowest BCUT2D eigenvalue weighted by Gasteiger charge is -1.89. The third-order valence-corrected chi connectivity index (χ3v) is 1.12. The second-order valence-corrected chi connectivity index (χ2v) is 1.82. The van der Waals surface area contributed by atoms with Gasteiger partial charge in [-0.1, -0.05) is 0 Å². The lowest BCUT2D eigenvalue weighted by molar-refractivity contribution is 0.0594. The molecule has 1 rings (SSSR count). The van der Waals surface area contributed by atoms with Gasteiger partial charge in [-0.3, -0.25) is 0 Å². The predicted octanol–water partition coefficient (Wildman–Crippen LogP) is -0.0801. The van der Waals surface area contributed by atoms with Gasteiger partial charge in [-0.2, -0.15) is 0 Å². The number of hydrogen-bond acceptors (Lipinski definition) is 5. The Kier molecular flexibility index (Phi) is 2.22. The third-order valence-electron chi connectivity index (χ3n) is 1.12. The van der Waals surface area contributed by atoms with Crippen molar-refractivity contribution in [1.29, 1.82) is 0 Å². The van der Waals surface area contributed by atoms with E-state index in [0.29, 0.717) is 5.89 Å². The topological polar surface area (TPSA) is 78.3 Å². The minimum Gasteiger partial charge on any atom is -0.464 e. The van der Waals surface area contributed by atoms with E-state index in [0.717, 1.165) is 0 Å². The van der Waals surface area contributed by atoms with E-state index in [1.54, 1.807) is 0 Å². The van der Waals surface area contributed by atoms with Gasteiger partial charge in [0.15, 0.2) is 5.69 Å². The van der Waals surface area contributed by atoms with Crippen molar-refractivity contribution >= 4 is 5.97 Å². The average Bonchev–Trinajstić information content (AvgIpc) is 2.50. The van der Waals surface area contributed by atoms with E-state index < -0.39 is 5.97 Å². The zero-order valence-corrected chi connectivity index (χ0v) is 6.03. The summed E-state index contributed by atoms with van der Waals surface area (Å²) in [5, 5.41) is 0. The summed E-state index contributed by atoms with van der Waals surface area (Å²) in [6.07, 6.45) is 1.22. The smallest absolute Gasteiger partial charge is 0.360 e. The molecule has 0 amide bonds. The molecular formula is C6H8N2O3. The van der Waals surface area contributed by atoms with Crippen molar-refractivity contribution in [2.24, 2.45) is 5.73 Å². The van der Waals surface area contributed by atoms with E-state index in [9.17, 15) is 4.79 Å². The van der Waals surface area contributed by atoms with E-state index in [4.69, 9.17) is 10.2 Å². The molecule has 0 aliphatic rings. The maximum Gasteiger partial charge on any atom is 0.360 e. The zero-order valence-electron chi connectivity index (χ0n) is 6.03. The molecule has 0 bridgehead atoms. The van der Waals surface area contributed by atoms with Gasteiger partial charge in [-0.05, 0) is 0 Å². The number of carbonyl (C=O) groups is 1. The number of hydrogen-bond donors (Lipinski definition) is 1. The summed E-state index contributed by atoms with van der Waals surface area (Å²) in [6.45, 7) is 0.178. The molecule has 5 heteroatoms. The second kappa shape index (κ2) is 3.16. The van der Waals surface area contributed by atoms with Crippen LogP contribution in [0.1, 0.15) is 16.4 Å². The Morgan fingerprint density at radius 3 is 3.09 bits per heavy atom. The largest absolute Gasteiger partial charge is 0.464 e. The molecule has 0 atom stereocenters. The molecule has 0 saturated heterocycles. The van der Waals surface area contributed by atoms with Gasteiger partial charge in [-0.25, -0.2) is 9.78 Å². The van der Waals surface area contributed by atoms with Gasteiger partial charge in [0.2, 0.25) is 5.89 Å². The van der Waals surface area contributed by atoms with Crippen LogP contribution >= 0.6 is 0 Å². The quantitative estimate of drug-likeness (QED) is 0.606. The van der Waals surface area contributed by atoms with Crippen molar-refractivity contribution in [3.05, 3.63) is 17.8 Å². The lowest BCUT2D eigenvalue weighted by atomic mass is 10.5. The van der Waals surface area contributed by atoms with Gasteiger partial charge in [0.05, 0.1) is 13.7 Å². The molecule has 5 nitrogen and oxygen atoms in total. The fraction of sp³-hybridized carbons (Fsp3) is 0.333. The molecule has 2 N–H and O–H groups in total. The van der Waals surface area contributed by atoms with Crippen molar-refractivity contribution in [2.75, 3.05) is 7.11 Å². The van der Waals surface area contributed by atoms with Crippen LogP contribution in [0, 0.1) is 0 Å². The Labute approximate surface area is 63.2 Å². The Balaban J connectivity index is 2.80. The van der Waals surface area contributed by atoms with Gasteiger partial charge < -0.3 is 14.9 Å². The molecule has 11 heavy (non-hydrogen) atoms. The molecule has 1 aromatic rings. The highest BCUT2D eigenvalue weighted by atomic mass is 16.5. The first-order valence-corrected chi connectivity index (χ1v) is 3.00. The average molecular weight is 156 g/mol. The van der Waals surface area contributed by atoms with Crippen molar-refractivity contribution < 1.29 is 13.9 Å². The fourth-order valence-electron chi connectivity index (χ4n) is 0.603. The van der Waals surface area contributed by atoms with Gasteiger partial charge in [0.1, 0.15) is 6.26 Å². The molecule has 60 valence electrons. The van der Waals surface area contributed by atoms with E-state index in [1.165, 1.54) is 13.4 Å². The Hall–Kier alpha value is -1.36. The highest BCUT2D eigenvalue weighted by Gasteiger charge is 2.10. The van der Waals surface area contributed by atoms with Crippen molar-refractivity contribution in [2.45, 2.75) is 6.54 Å².